The molecule has 3 saturated heterocycles. The number of aliphatic carboxylic acids is 1. The first-order chi connectivity index (χ1) is 37.3. The fourth-order valence-corrected chi connectivity index (χ4v) is 16.2. The molecule has 26 atom stereocenters. The molecule has 8 aliphatic rings. The van der Waals surface area contributed by atoms with Crippen LogP contribution in [0.4, 0.5) is 0 Å². The summed E-state index contributed by atoms with van der Waals surface area (Å²) < 4.78 is 49.0. The zero-order valence-electron chi connectivity index (χ0n) is 47.7. The van der Waals surface area contributed by atoms with Gasteiger partial charge in [-0.15, -0.1) is 0 Å². The first kappa shape index (κ1) is 63.0. The number of hydrogen-bond acceptors (Lipinski definition) is 22. The van der Waals surface area contributed by atoms with Crippen LogP contribution in [0.25, 0.3) is 0 Å². The average Bonchev–Trinajstić information content (AvgIpc) is 3.72. The molecule has 3 heterocycles. The monoisotopic (exact) mass is 1140 g/mol. The number of carbonyl (C=O) groups excluding carboxylic acids is 2. The van der Waals surface area contributed by atoms with Crippen LogP contribution in [0.1, 0.15) is 115 Å². The summed E-state index contributed by atoms with van der Waals surface area (Å²) in [5.74, 6) is -4.01. The summed E-state index contributed by atoms with van der Waals surface area (Å²) in [4.78, 5) is 40.3. The molecular weight excluding hydrogens is 1050 g/mol. The van der Waals surface area contributed by atoms with Gasteiger partial charge in [0.1, 0.15) is 67.1 Å². The van der Waals surface area contributed by atoms with Crippen LogP contribution in [-0.2, 0) is 52.3 Å². The van der Waals surface area contributed by atoms with Gasteiger partial charge in [-0.2, -0.15) is 0 Å². The number of carbonyl (C=O) groups is 3. The van der Waals surface area contributed by atoms with Crippen molar-refractivity contribution in [1.82, 2.24) is 0 Å². The van der Waals surface area contributed by atoms with Gasteiger partial charge in [0.2, 0.25) is 0 Å². The van der Waals surface area contributed by atoms with E-state index in [1.54, 1.807) is 39.8 Å². The Balaban J connectivity index is 1.14. The molecule has 0 aromatic rings. The highest BCUT2D eigenvalue weighted by atomic mass is 16.8. The zero-order chi connectivity index (χ0) is 59.3. The predicted octanol–water partition coefficient (Wildman–Crippen LogP) is 0.263. The summed E-state index contributed by atoms with van der Waals surface area (Å²) in [7, 11) is 0. The quantitative estimate of drug-likeness (QED) is 0.0480. The molecule has 8 rings (SSSR count). The molecule has 5 aliphatic carbocycles. The van der Waals surface area contributed by atoms with E-state index in [1.165, 1.54) is 0 Å². The molecule has 454 valence electrons. The maximum atomic E-state index is 13.9. The van der Waals surface area contributed by atoms with Crippen molar-refractivity contribution in [3.63, 3.8) is 0 Å². The van der Waals surface area contributed by atoms with E-state index in [0.29, 0.717) is 37.7 Å². The molecule has 0 spiro atoms. The normalized spacial score (nSPS) is 49.0. The summed E-state index contributed by atoms with van der Waals surface area (Å²) in [6, 6.07) is 0. The molecule has 3 aliphatic heterocycles. The number of allylic oxidation sites excluding steroid dienone is 3. The van der Waals surface area contributed by atoms with Crippen LogP contribution in [-0.4, -0.2) is 216 Å². The second-order valence-corrected chi connectivity index (χ2v) is 26.0. The SMILES string of the molecule is CC=C(C)C(=O)O[C@H]1[C@H](OC(=O)C(C)=CC)[C@@]2(CO)C(CC1(C)C)C1=CCC3[C@@]4(C)CC[C@H](O[C@@H]5OC(C(=O)O)[C@@H](O)C(O[C@@H]6O[C@@H](CO)C(O)[C@@H]6O)[C@@H]5O[C@@H]5OC(CO)[C@H](O)C(O)[C@@H]5O)C(C)(C)C4CC[C@@]3(C)[C@]1(C)[C@@H](O)[C@H]2O. The van der Waals surface area contributed by atoms with Crippen LogP contribution in [0.15, 0.2) is 34.9 Å². The Kier molecular flexibility index (Phi) is 17.9. The van der Waals surface area contributed by atoms with Gasteiger partial charge in [0.15, 0.2) is 31.1 Å². The summed E-state index contributed by atoms with van der Waals surface area (Å²) in [6.07, 6.45) is -24.0. The molecule has 80 heavy (non-hydrogen) atoms. The minimum Gasteiger partial charge on any atom is -0.479 e. The standard InChI is InChI=1S/C57H88O23/c1-12-24(3)47(71)79-44-45(80-48(72)25(4)13-2)57(23-60)27(20-52(44,5)6)26-14-15-31-54(9)18-17-32(53(7,8)30(54)16-19-55(31,10)56(26,11)42(67)43(57)68)75-51-41(78-50-37(65)35(63)33(61)28(21-58)73-50)39(38(66)40(77-51)46(69)70)76-49-36(64)34(62)29(22-59)74-49/h12-14,27-45,49-51,58-68H,15-23H2,1-11H3,(H,69,70)/t27?,28?,29-,30?,31?,32-,33-,34?,35?,36-,37-,38-,39?,40?,41-,42-,43+,44-,45-,49-,50-,51+,54-,55+,56-,57-/m0/s1. The van der Waals surface area contributed by atoms with Gasteiger partial charge in [0, 0.05) is 22.0 Å². The molecule has 23 heteroatoms. The van der Waals surface area contributed by atoms with Gasteiger partial charge in [-0.25, -0.2) is 14.4 Å². The first-order valence-corrected chi connectivity index (χ1v) is 28.1. The molecule has 12 N–H and O–H groups in total. The van der Waals surface area contributed by atoms with E-state index in [4.69, 9.17) is 37.9 Å². The van der Waals surface area contributed by atoms with E-state index in [1.807, 2.05) is 34.6 Å². The summed E-state index contributed by atoms with van der Waals surface area (Å²) >= 11 is 0. The van der Waals surface area contributed by atoms with Gasteiger partial charge in [0.25, 0.3) is 0 Å². The lowest BCUT2D eigenvalue weighted by atomic mass is 9.32. The minimum absolute atomic E-state index is 0.153. The van der Waals surface area contributed by atoms with Crippen molar-refractivity contribution in [2.75, 3.05) is 19.8 Å². The highest BCUT2D eigenvalue weighted by Crippen LogP contribution is 2.76. The van der Waals surface area contributed by atoms with Gasteiger partial charge >= 0.3 is 17.9 Å². The Labute approximate surface area is 466 Å². The average molecular weight is 1140 g/mol. The fourth-order valence-electron chi connectivity index (χ4n) is 16.2. The molecule has 8 unspecified atom stereocenters. The van der Waals surface area contributed by atoms with Crippen molar-refractivity contribution in [3.05, 3.63) is 34.9 Å². The number of aliphatic hydroxyl groups excluding tert-OH is 11. The topological polar surface area (TPSA) is 368 Å². The predicted molar refractivity (Wildman–Crippen MR) is 277 cm³/mol. The lowest BCUT2D eigenvalue weighted by Crippen LogP contribution is -2.76. The number of fused-ring (bicyclic) bond motifs is 7. The molecule has 0 amide bonds. The molecule has 0 radical (unpaired) electrons. The Hall–Kier alpha value is -3.05. The molecule has 0 bridgehead atoms. The van der Waals surface area contributed by atoms with E-state index < -0.39 is 193 Å². The summed E-state index contributed by atoms with van der Waals surface area (Å²) in [5.41, 5.74) is -4.40. The lowest BCUT2D eigenvalue weighted by Gasteiger charge is -2.73. The Morgan fingerprint density at radius 3 is 1.71 bits per heavy atom. The highest BCUT2D eigenvalue weighted by molar-refractivity contribution is 5.89. The number of hydrogen-bond donors (Lipinski definition) is 12. The van der Waals surface area contributed by atoms with Crippen molar-refractivity contribution in [2.45, 2.75) is 231 Å². The summed E-state index contributed by atoms with van der Waals surface area (Å²) in [6.45, 7) is 18.4. The highest BCUT2D eigenvalue weighted by Gasteiger charge is 2.76. The number of carboxylic acid groups (broad SMARTS) is 1. The van der Waals surface area contributed by atoms with Gasteiger partial charge < -0.3 is 99.2 Å². The number of esters is 2. The van der Waals surface area contributed by atoms with Crippen LogP contribution < -0.4 is 0 Å². The Bertz CT molecular complexity index is 2390. The lowest BCUT2D eigenvalue weighted by molar-refractivity contribution is -0.386. The number of carboxylic acids is 1. The van der Waals surface area contributed by atoms with Crippen LogP contribution in [0.5, 0.6) is 0 Å². The van der Waals surface area contributed by atoms with Gasteiger partial charge in [-0.1, -0.05) is 72.3 Å². The largest absolute Gasteiger partial charge is 0.479 e. The van der Waals surface area contributed by atoms with Crippen molar-refractivity contribution >= 4 is 17.9 Å². The van der Waals surface area contributed by atoms with E-state index in [2.05, 4.69) is 19.9 Å². The van der Waals surface area contributed by atoms with E-state index >= 15 is 0 Å². The van der Waals surface area contributed by atoms with E-state index in [9.17, 15) is 75.7 Å². The van der Waals surface area contributed by atoms with E-state index in [-0.39, 0.29) is 23.8 Å². The third-order valence-corrected chi connectivity index (χ3v) is 21.4. The zero-order valence-corrected chi connectivity index (χ0v) is 47.7. The van der Waals surface area contributed by atoms with Crippen molar-refractivity contribution < 1.29 is 114 Å². The van der Waals surface area contributed by atoms with Crippen molar-refractivity contribution in [1.29, 1.82) is 0 Å². The molecular formula is C57H88O23. The second-order valence-electron chi connectivity index (χ2n) is 26.0. The van der Waals surface area contributed by atoms with Crippen LogP contribution in [0.3, 0.4) is 0 Å². The number of ether oxygens (including phenoxy) is 8. The smallest absolute Gasteiger partial charge is 0.335 e. The fraction of sp³-hybridized carbons (Fsp3) is 0.842. The van der Waals surface area contributed by atoms with E-state index in [0.717, 1.165) is 5.57 Å². The van der Waals surface area contributed by atoms with Gasteiger partial charge in [0.05, 0.1) is 43.5 Å². The van der Waals surface area contributed by atoms with Crippen LogP contribution in [0.2, 0.25) is 0 Å². The minimum atomic E-state index is -2.13. The number of rotatable bonds is 14. The molecule has 0 aromatic heterocycles. The second kappa shape index (κ2) is 22.7. The molecule has 23 nitrogen and oxygen atoms in total. The molecule has 0 aromatic carbocycles. The Morgan fingerprint density at radius 2 is 1.18 bits per heavy atom. The van der Waals surface area contributed by atoms with Crippen LogP contribution in [0, 0.1) is 50.2 Å². The maximum Gasteiger partial charge on any atom is 0.335 e. The van der Waals surface area contributed by atoms with Crippen molar-refractivity contribution in [3.8, 4) is 0 Å². The molecule has 4 saturated carbocycles. The first-order valence-electron chi connectivity index (χ1n) is 28.1. The van der Waals surface area contributed by atoms with Crippen LogP contribution >= 0.6 is 0 Å². The third kappa shape index (κ3) is 9.76. The van der Waals surface area contributed by atoms with Gasteiger partial charge in [-0.05, 0) is 100 Å². The third-order valence-electron chi connectivity index (χ3n) is 21.4. The Morgan fingerprint density at radius 1 is 0.637 bits per heavy atom. The summed E-state index contributed by atoms with van der Waals surface area (Å²) in [5, 5.41) is 134. The molecule has 7 fully saturated rings. The van der Waals surface area contributed by atoms with Crippen molar-refractivity contribution in [2.24, 2.45) is 50.2 Å². The van der Waals surface area contributed by atoms with Gasteiger partial charge in [-0.3, -0.25) is 0 Å². The maximum absolute atomic E-state index is 13.9. The number of aliphatic hydroxyl groups is 11.